The van der Waals surface area contributed by atoms with E-state index in [9.17, 15) is 19.2 Å². The van der Waals surface area contributed by atoms with Gasteiger partial charge in [0.15, 0.2) is 6.73 Å². The van der Waals surface area contributed by atoms with Crippen LogP contribution in [0.3, 0.4) is 0 Å². The molecule has 0 bridgehead atoms. The summed E-state index contributed by atoms with van der Waals surface area (Å²) < 4.78 is 20.7. The highest BCUT2D eigenvalue weighted by Gasteiger charge is 2.42. The third kappa shape index (κ3) is 7.26. The molecule has 1 heterocycles. The van der Waals surface area contributed by atoms with Crippen molar-refractivity contribution in [3.8, 4) is 0 Å². The minimum Gasteiger partial charge on any atom is -0.466 e. The average molecular weight is 556 g/mol. The summed E-state index contributed by atoms with van der Waals surface area (Å²) in [5.74, 6) is -3.57. The number of carbonyl (C=O) groups is 4. The van der Waals surface area contributed by atoms with Crippen LogP contribution in [-0.2, 0) is 38.1 Å². The first-order chi connectivity index (χ1) is 17.6. The number of methoxy groups -OCH3 is 1. The molecule has 37 heavy (non-hydrogen) atoms. The van der Waals surface area contributed by atoms with Gasteiger partial charge in [0.1, 0.15) is 0 Å². The zero-order valence-electron chi connectivity index (χ0n) is 21.5. The van der Waals surface area contributed by atoms with Gasteiger partial charge in [0, 0.05) is 24.2 Å². The van der Waals surface area contributed by atoms with Gasteiger partial charge in [-0.3, -0.25) is 9.59 Å². The van der Waals surface area contributed by atoms with Crippen molar-refractivity contribution in [3.63, 3.8) is 0 Å². The maximum atomic E-state index is 13.4. The van der Waals surface area contributed by atoms with Crippen LogP contribution >= 0.6 is 23.2 Å². The maximum absolute atomic E-state index is 13.4. The van der Waals surface area contributed by atoms with Gasteiger partial charge in [-0.15, -0.1) is 0 Å². The van der Waals surface area contributed by atoms with E-state index < -0.39 is 36.6 Å². The quantitative estimate of drug-likeness (QED) is 0.205. The van der Waals surface area contributed by atoms with Crippen molar-refractivity contribution in [2.24, 2.45) is 0 Å². The van der Waals surface area contributed by atoms with Crippen molar-refractivity contribution in [3.05, 3.63) is 56.3 Å². The first kappa shape index (κ1) is 30.2. The number of carbonyl (C=O) groups excluding carboxylic acids is 4. The lowest BCUT2D eigenvalue weighted by Crippen LogP contribution is -2.37. The summed E-state index contributed by atoms with van der Waals surface area (Å²) in [4.78, 5) is 51.8. The molecular formula is C26H31Cl2NO8. The minimum atomic E-state index is -1.03. The fraction of sp³-hybridized carbons (Fsp3) is 0.462. The molecule has 0 aliphatic carbocycles. The average Bonchev–Trinajstić information content (AvgIpc) is 2.85. The number of nitrogens with zero attached hydrogens (tertiary/aromatic N) is 1. The summed E-state index contributed by atoms with van der Waals surface area (Å²) in [6.07, 6.45) is 1.55. The lowest BCUT2D eigenvalue weighted by Gasteiger charge is -2.37. The Kier molecular flexibility index (Phi) is 11.5. The topological polar surface area (TPSA) is 108 Å². The SMILES string of the molecule is CCCC(=O)OCOC(=O)C1=C(C)N(COC(=O)CCC)C(C)=C(C(=O)OC)C1c1cccc(Cl)c1Cl. The van der Waals surface area contributed by atoms with Crippen LogP contribution in [0, 0.1) is 0 Å². The molecule has 202 valence electrons. The molecule has 1 aliphatic heterocycles. The van der Waals surface area contributed by atoms with Gasteiger partial charge in [-0.25, -0.2) is 9.59 Å². The van der Waals surface area contributed by atoms with Crippen LogP contribution in [-0.4, -0.2) is 49.4 Å². The molecular weight excluding hydrogens is 525 g/mol. The Labute approximate surface area is 226 Å². The molecule has 0 saturated heterocycles. The van der Waals surface area contributed by atoms with Crippen molar-refractivity contribution in [2.45, 2.75) is 59.3 Å². The van der Waals surface area contributed by atoms with Gasteiger partial charge in [-0.05, 0) is 38.3 Å². The molecule has 11 heteroatoms. The number of hydrogen-bond donors (Lipinski definition) is 0. The van der Waals surface area contributed by atoms with Gasteiger partial charge >= 0.3 is 23.9 Å². The zero-order valence-corrected chi connectivity index (χ0v) is 23.0. The number of hydrogen-bond acceptors (Lipinski definition) is 9. The van der Waals surface area contributed by atoms with Crippen molar-refractivity contribution in [1.82, 2.24) is 4.90 Å². The molecule has 1 unspecified atom stereocenters. The predicted octanol–water partition coefficient (Wildman–Crippen LogP) is 5.26. The molecule has 0 fully saturated rings. The molecule has 0 saturated carbocycles. The van der Waals surface area contributed by atoms with Crippen molar-refractivity contribution in [1.29, 1.82) is 0 Å². The summed E-state index contributed by atoms with van der Waals surface area (Å²) in [6.45, 7) is 6.05. The van der Waals surface area contributed by atoms with Crippen LogP contribution in [0.1, 0.15) is 64.9 Å². The second-order valence-corrected chi connectivity index (χ2v) is 8.99. The van der Waals surface area contributed by atoms with Gasteiger partial charge in [-0.1, -0.05) is 49.2 Å². The van der Waals surface area contributed by atoms with E-state index in [2.05, 4.69) is 0 Å². The number of esters is 4. The Bertz CT molecular complexity index is 1110. The molecule has 0 radical (unpaired) electrons. The lowest BCUT2D eigenvalue weighted by atomic mass is 9.79. The van der Waals surface area contributed by atoms with Crippen LogP contribution in [0.25, 0.3) is 0 Å². The molecule has 0 spiro atoms. The molecule has 1 aliphatic rings. The van der Waals surface area contributed by atoms with E-state index in [0.29, 0.717) is 29.8 Å². The van der Waals surface area contributed by atoms with E-state index in [4.69, 9.17) is 42.1 Å². The van der Waals surface area contributed by atoms with Gasteiger partial charge in [0.2, 0.25) is 6.79 Å². The van der Waals surface area contributed by atoms with Gasteiger partial charge < -0.3 is 23.8 Å². The van der Waals surface area contributed by atoms with Crippen molar-refractivity contribution in [2.75, 3.05) is 20.6 Å². The van der Waals surface area contributed by atoms with Crippen LogP contribution in [0.4, 0.5) is 0 Å². The van der Waals surface area contributed by atoms with Crippen molar-refractivity contribution >= 4 is 47.1 Å². The van der Waals surface area contributed by atoms with E-state index in [-0.39, 0.29) is 40.8 Å². The number of rotatable bonds is 11. The standard InChI is InChI=1S/C26H31Cl2NO8/c1-6-9-19(30)35-13-29-15(3)21(25(32)34-5)23(17-11-8-12-18(27)24(17)28)22(16(29)4)26(33)37-14-36-20(31)10-7-2/h8,11-12,23H,6-7,9-10,13-14H2,1-5H3. The highest BCUT2D eigenvalue weighted by molar-refractivity contribution is 6.42. The summed E-state index contributed by atoms with van der Waals surface area (Å²) in [5.41, 5.74) is 1.21. The fourth-order valence-corrected chi connectivity index (χ4v) is 4.33. The van der Waals surface area contributed by atoms with E-state index in [1.807, 2.05) is 13.8 Å². The number of halogens is 2. The highest BCUT2D eigenvalue weighted by atomic mass is 35.5. The molecule has 9 nitrogen and oxygen atoms in total. The molecule has 0 aromatic heterocycles. The minimum absolute atomic E-state index is 0.0215. The first-order valence-corrected chi connectivity index (χ1v) is 12.5. The summed E-state index contributed by atoms with van der Waals surface area (Å²) in [5, 5.41) is 0.356. The van der Waals surface area contributed by atoms with E-state index in [0.717, 1.165) is 0 Å². The fourth-order valence-electron chi connectivity index (χ4n) is 3.91. The second-order valence-electron chi connectivity index (χ2n) is 8.21. The number of ether oxygens (including phenoxy) is 4. The van der Waals surface area contributed by atoms with Gasteiger partial charge in [0.05, 0.1) is 34.2 Å². The molecule has 2 rings (SSSR count). The summed E-state index contributed by atoms with van der Waals surface area (Å²) >= 11 is 12.8. The highest BCUT2D eigenvalue weighted by Crippen LogP contribution is 2.46. The summed E-state index contributed by atoms with van der Waals surface area (Å²) in [6, 6.07) is 4.84. The molecule has 1 atom stereocenters. The normalized spacial score (nSPS) is 15.4. The van der Waals surface area contributed by atoms with Crippen LogP contribution < -0.4 is 0 Å². The van der Waals surface area contributed by atoms with E-state index in [1.54, 1.807) is 32.0 Å². The molecule has 0 N–H and O–H groups in total. The molecule has 1 aromatic rings. The van der Waals surface area contributed by atoms with Crippen LogP contribution in [0.15, 0.2) is 40.7 Å². The van der Waals surface area contributed by atoms with Crippen LogP contribution in [0.2, 0.25) is 10.0 Å². The monoisotopic (exact) mass is 555 g/mol. The third-order valence-electron chi connectivity index (χ3n) is 5.76. The second kappa shape index (κ2) is 14.0. The first-order valence-electron chi connectivity index (χ1n) is 11.8. The number of benzene rings is 1. The van der Waals surface area contributed by atoms with Crippen molar-refractivity contribution < 1.29 is 38.1 Å². The summed E-state index contributed by atoms with van der Waals surface area (Å²) in [7, 11) is 1.21. The maximum Gasteiger partial charge on any atom is 0.339 e. The Hall–Kier alpha value is -3.04. The van der Waals surface area contributed by atoms with Crippen LogP contribution in [0.5, 0.6) is 0 Å². The van der Waals surface area contributed by atoms with Gasteiger partial charge in [-0.2, -0.15) is 0 Å². The Morgan fingerprint density at radius 3 is 2.00 bits per heavy atom. The predicted molar refractivity (Wildman–Crippen MR) is 136 cm³/mol. The molecule has 1 aromatic carbocycles. The van der Waals surface area contributed by atoms with Gasteiger partial charge in [0.25, 0.3) is 0 Å². The molecule has 0 amide bonds. The zero-order chi connectivity index (χ0) is 27.7. The third-order valence-corrected chi connectivity index (χ3v) is 6.59. The number of allylic oxidation sites excluding steroid dienone is 2. The Morgan fingerprint density at radius 2 is 1.43 bits per heavy atom. The lowest BCUT2D eigenvalue weighted by molar-refractivity contribution is -0.164. The van der Waals surface area contributed by atoms with E-state index >= 15 is 0 Å². The largest absolute Gasteiger partial charge is 0.466 e. The Morgan fingerprint density at radius 1 is 0.865 bits per heavy atom. The Balaban J connectivity index is 2.62. The smallest absolute Gasteiger partial charge is 0.339 e. The van der Waals surface area contributed by atoms with E-state index in [1.165, 1.54) is 12.0 Å².